The molecule has 0 spiro atoms. The van der Waals surface area contributed by atoms with Crippen molar-refractivity contribution in [3.8, 4) is 29.2 Å². The SMILES string of the molecule is COc1cc(C(=O)Nc2ccc(Oc3ncccc3C#N)cc2C)c([N+](=O)[O-])cc1OC. The lowest BCUT2D eigenvalue weighted by atomic mass is 10.1. The number of nitro benzene ring substituents is 1. The van der Waals surface area contributed by atoms with Crippen molar-refractivity contribution in [1.29, 1.82) is 5.26 Å². The van der Waals surface area contributed by atoms with E-state index in [0.29, 0.717) is 17.0 Å². The van der Waals surface area contributed by atoms with Gasteiger partial charge in [-0.3, -0.25) is 14.9 Å². The highest BCUT2D eigenvalue weighted by Crippen LogP contribution is 2.35. The van der Waals surface area contributed by atoms with Crippen LogP contribution >= 0.6 is 0 Å². The molecule has 10 heteroatoms. The van der Waals surface area contributed by atoms with Gasteiger partial charge in [-0.1, -0.05) is 0 Å². The van der Waals surface area contributed by atoms with E-state index in [0.717, 1.165) is 6.07 Å². The highest BCUT2D eigenvalue weighted by atomic mass is 16.6. The van der Waals surface area contributed by atoms with Gasteiger partial charge in [0.15, 0.2) is 11.5 Å². The molecule has 10 nitrogen and oxygen atoms in total. The molecule has 0 atom stereocenters. The van der Waals surface area contributed by atoms with Crippen molar-refractivity contribution in [1.82, 2.24) is 4.98 Å². The number of aryl methyl sites for hydroxylation is 1. The maximum absolute atomic E-state index is 12.8. The van der Waals surface area contributed by atoms with Crippen molar-refractivity contribution in [2.45, 2.75) is 6.92 Å². The standard InChI is InChI=1S/C22H18N4O6/c1-13-9-15(32-22-14(12-23)5-4-8-24-22)6-7-17(13)25-21(27)16-10-19(30-2)20(31-3)11-18(16)26(28)29/h4-11H,1-3H3,(H,25,27). The van der Waals surface area contributed by atoms with Crippen LogP contribution in [0.15, 0.2) is 48.7 Å². The highest BCUT2D eigenvalue weighted by Gasteiger charge is 2.25. The Morgan fingerprint density at radius 2 is 1.88 bits per heavy atom. The van der Waals surface area contributed by atoms with Crippen LogP contribution in [0.3, 0.4) is 0 Å². The average molecular weight is 434 g/mol. The summed E-state index contributed by atoms with van der Waals surface area (Å²) in [5.41, 5.74) is 0.737. The van der Waals surface area contributed by atoms with Crippen LogP contribution in [-0.2, 0) is 0 Å². The minimum atomic E-state index is -0.689. The van der Waals surface area contributed by atoms with E-state index in [-0.39, 0.29) is 28.5 Å². The first-order chi connectivity index (χ1) is 15.4. The number of carbonyl (C=O) groups is 1. The van der Waals surface area contributed by atoms with E-state index in [1.54, 1.807) is 37.3 Å². The Morgan fingerprint density at radius 3 is 2.50 bits per heavy atom. The molecule has 0 aliphatic heterocycles. The number of anilines is 1. The minimum Gasteiger partial charge on any atom is -0.493 e. The molecular weight excluding hydrogens is 416 g/mol. The first kappa shape index (κ1) is 22.0. The number of hydrogen-bond donors (Lipinski definition) is 1. The Morgan fingerprint density at radius 1 is 1.16 bits per heavy atom. The van der Waals surface area contributed by atoms with Gasteiger partial charge in [-0.05, 0) is 42.8 Å². The van der Waals surface area contributed by atoms with Gasteiger partial charge in [0.05, 0.1) is 25.2 Å². The van der Waals surface area contributed by atoms with Gasteiger partial charge in [0.2, 0.25) is 5.88 Å². The number of ether oxygens (including phenoxy) is 3. The Bertz CT molecular complexity index is 1240. The predicted octanol–water partition coefficient (Wildman–Crippen LogP) is 4.23. The fraction of sp³-hybridized carbons (Fsp3) is 0.136. The normalized spacial score (nSPS) is 10.1. The summed E-state index contributed by atoms with van der Waals surface area (Å²) < 4.78 is 15.9. The van der Waals surface area contributed by atoms with Crippen molar-refractivity contribution in [2.75, 3.05) is 19.5 Å². The second-order valence-electron chi connectivity index (χ2n) is 6.48. The van der Waals surface area contributed by atoms with Gasteiger partial charge in [0, 0.05) is 18.0 Å². The van der Waals surface area contributed by atoms with Crippen molar-refractivity contribution in [2.24, 2.45) is 0 Å². The van der Waals surface area contributed by atoms with E-state index in [1.807, 2.05) is 6.07 Å². The summed E-state index contributed by atoms with van der Waals surface area (Å²) in [6.07, 6.45) is 1.51. The summed E-state index contributed by atoms with van der Waals surface area (Å²) in [4.78, 5) is 27.7. The Kier molecular flexibility index (Phi) is 6.50. The van der Waals surface area contributed by atoms with Crippen molar-refractivity contribution in [3.05, 3.63) is 75.5 Å². The Labute approximate surface area is 183 Å². The fourth-order valence-electron chi connectivity index (χ4n) is 2.90. The molecule has 3 rings (SSSR count). The summed E-state index contributed by atoms with van der Waals surface area (Å²) >= 11 is 0. The third-order valence-corrected chi connectivity index (χ3v) is 4.50. The number of carbonyl (C=O) groups excluding carboxylic acids is 1. The molecule has 0 unspecified atom stereocenters. The molecular formula is C22H18N4O6. The molecule has 0 radical (unpaired) electrons. The molecule has 0 aliphatic carbocycles. The van der Waals surface area contributed by atoms with E-state index in [9.17, 15) is 14.9 Å². The quantitative estimate of drug-likeness (QED) is 0.431. The number of benzene rings is 2. The highest BCUT2D eigenvalue weighted by molar-refractivity contribution is 6.08. The second kappa shape index (κ2) is 9.44. The van der Waals surface area contributed by atoms with E-state index < -0.39 is 16.5 Å². The number of methoxy groups -OCH3 is 2. The number of rotatable bonds is 7. The largest absolute Gasteiger partial charge is 0.493 e. The third kappa shape index (κ3) is 4.57. The van der Waals surface area contributed by atoms with E-state index in [1.165, 1.54) is 26.5 Å². The number of pyridine rings is 1. The molecule has 0 saturated heterocycles. The topological polar surface area (TPSA) is 137 Å². The summed E-state index contributed by atoms with van der Waals surface area (Å²) in [7, 11) is 2.71. The van der Waals surface area contributed by atoms with Crippen LogP contribution in [0, 0.1) is 28.4 Å². The summed E-state index contributed by atoms with van der Waals surface area (Å²) in [6, 6.07) is 12.4. The van der Waals surface area contributed by atoms with Crippen molar-refractivity contribution in [3.63, 3.8) is 0 Å². The van der Waals surface area contributed by atoms with Crippen LogP contribution in [0.2, 0.25) is 0 Å². The van der Waals surface area contributed by atoms with Crippen molar-refractivity contribution >= 4 is 17.3 Å². The predicted molar refractivity (Wildman–Crippen MR) is 114 cm³/mol. The van der Waals surface area contributed by atoms with Crippen LogP contribution in [0.4, 0.5) is 11.4 Å². The number of nitro groups is 1. The first-order valence-electron chi connectivity index (χ1n) is 9.23. The number of hydrogen-bond acceptors (Lipinski definition) is 8. The number of amides is 1. The van der Waals surface area contributed by atoms with E-state index >= 15 is 0 Å². The van der Waals surface area contributed by atoms with Crippen LogP contribution in [0.1, 0.15) is 21.5 Å². The van der Waals surface area contributed by atoms with Gasteiger partial charge in [-0.15, -0.1) is 0 Å². The lowest BCUT2D eigenvalue weighted by Gasteiger charge is -2.13. The minimum absolute atomic E-state index is 0.139. The van der Waals surface area contributed by atoms with Crippen molar-refractivity contribution < 1.29 is 23.9 Å². The zero-order valence-corrected chi connectivity index (χ0v) is 17.4. The van der Waals surface area contributed by atoms with Crippen LogP contribution < -0.4 is 19.5 Å². The summed E-state index contributed by atoms with van der Waals surface area (Å²) in [5.74, 6) is 0.206. The van der Waals surface area contributed by atoms with Crippen LogP contribution in [0.5, 0.6) is 23.1 Å². The number of aromatic nitrogens is 1. The Hall–Kier alpha value is -4.65. The molecule has 1 N–H and O–H groups in total. The van der Waals surface area contributed by atoms with Gasteiger partial charge < -0.3 is 19.5 Å². The molecule has 3 aromatic rings. The lowest BCUT2D eigenvalue weighted by molar-refractivity contribution is -0.385. The molecule has 0 saturated carbocycles. The maximum atomic E-state index is 12.8. The average Bonchev–Trinajstić information content (AvgIpc) is 2.80. The van der Waals surface area contributed by atoms with Gasteiger partial charge in [-0.2, -0.15) is 5.26 Å². The molecule has 162 valence electrons. The second-order valence-corrected chi connectivity index (χ2v) is 6.48. The Balaban J connectivity index is 1.87. The smallest absolute Gasteiger partial charge is 0.286 e. The number of nitrogens with zero attached hydrogens (tertiary/aromatic N) is 3. The molecule has 0 aliphatic rings. The number of nitrogens with one attached hydrogen (secondary N) is 1. The molecule has 32 heavy (non-hydrogen) atoms. The van der Waals surface area contributed by atoms with Gasteiger partial charge in [0.1, 0.15) is 22.9 Å². The van der Waals surface area contributed by atoms with E-state index in [2.05, 4.69) is 10.3 Å². The van der Waals surface area contributed by atoms with Gasteiger partial charge in [0.25, 0.3) is 11.6 Å². The summed E-state index contributed by atoms with van der Waals surface area (Å²) in [5, 5.41) is 23.3. The molecule has 1 heterocycles. The van der Waals surface area contributed by atoms with E-state index in [4.69, 9.17) is 19.5 Å². The van der Waals surface area contributed by atoms with Crippen LogP contribution in [0.25, 0.3) is 0 Å². The molecule has 0 bridgehead atoms. The first-order valence-corrected chi connectivity index (χ1v) is 9.23. The monoisotopic (exact) mass is 434 g/mol. The van der Waals surface area contributed by atoms with Gasteiger partial charge in [-0.25, -0.2) is 4.98 Å². The summed E-state index contributed by atoms with van der Waals surface area (Å²) in [6.45, 7) is 1.73. The molecule has 0 fully saturated rings. The van der Waals surface area contributed by atoms with Gasteiger partial charge >= 0.3 is 0 Å². The molecule has 1 amide bonds. The number of nitriles is 1. The maximum Gasteiger partial charge on any atom is 0.286 e. The molecule has 1 aromatic heterocycles. The lowest BCUT2D eigenvalue weighted by Crippen LogP contribution is -2.15. The third-order valence-electron chi connectivity index (χ3n) is 4.50. The molecule has 2 aromatic carbocycles. The van der Waals surface area contributed by atoms with Crippen LogP contribution in [-0.4, -0.2) is 30.0 Å². The fourth-order valence-corrected chi connectivity index (χ4v) is 2.90. The zero-order chi connectivity index (χ0) is 23.3. The zero-order valence-electron chi connectivity index (χ0n) is 17.4.